The molecule has 2 rings (SSSR count). The summed E-state index contributed by atoms with van der Waals surface area (Å²) in [5.41, 5.74) is 1.20. The van der Waals surface area contributed by atoms with Crippen LogP contribution in [0, 0.1) is 17.5 Å². The van der Waals surface area contributed by atoms with Crippen molar-refractivity contribution in [3.63, 3.8) is 0 Å². The molecule has 0 atom stereocenters. The number of halogens is 4. The first-order valence-electron chi connectivity index (χ1n) is 6.67. The summed E-state index contributed by atoms with van der Waals surface area (Å²) in [5.74, 6) is -2.44. The Balaban J connectivity index is 2.30. The van der Waals surface area contributed by atoms with Crippen LogP contribution >= 0.6 is 11.6 Å². The van der Waals surface area contributed by atoms with Gasteiger partial charge in [0.2, 0.25) is 0 Å². The maximum Gasteiger partial charge on any atom is 0.160 e. The van der Waals surface area contributed by atoms with Gasteiger partial charge in [-0.25, -0.2) is 13.2 Å². The maximum absolute atomic E-state index is 14.0. The second-order valence-corrected chi connectivity index (χ2v) is 5.14. The summed E-state index contributed by atoms with van der Waals surface area (Å²) in [5, 5.41) is 3.15. The standard InChI is InChI=1S/C16H15ClF3N/c1-2-5-21-9-11-4-3-10(6-14(11)18)12-7-15(19)16(20)8-13(12)17/h3-4,6-8,21H,2,5,9H2,1H3. The van der Waals surface area contributed by atoms with E-state index in [0.29, 0.717) is 17.7 Å². The highest BCUT2D eigenvalue weighted by Gasteiger charge is 2.12. The summed E-state index contributed by atoms with van der Waals surface area (Å²) in [4.78, 5) is 0. The van der Waals surface area contributed by atoms with Crippen molar-refractivity contribution in [2.45, 2.75) is 19.9 Å². The molecule has 1 N–H and O–H groups in total. The van der Waals surface area contributed by atoms with Crippen molar-refractivity contribution >= 4 is 11.6 Å². The van der Waals surface area contributed by atoms with Crippen LogP contribution in [-0.4, -0.2) is 6.54 Å². The van der Waals surface area contributed by atoms with Crippen LogP contribution in [0.5, 0.6) is 0 Å². The molecule has 0 saturated carbocycles. The molecule has 5 heteroatoms. The topological polar surface area (TPSA) is 12.0 Å². The highest BCUT2D eigenvalue weighted by atomic mass is 35.5. The summed E-state index contributed by atoms with van der Waals surface area (Å²) >= 11 is 5.89. The minimum absolute atomic E-state index is 0.0464. The van der Waals surface area contributed by atoms with Crippen LogP contribution in [-0.2, 0) is 6.54 Å². The highest BCUT2D eigenvalue weighted by molar-refractivity contribution is 6.33. The lowest BCUT2D eigenvalue weighted by Gasteiger charge is -2.09. The fourth-order valence-corrected chi connectivity index (χ4v) is 2.26. The smallest absolute Gasteiger partial charge is 0.160 e. The molecular weight excluding hydrogens is 299 g/mol. The Kier molecular flexibility index (Phi) is 5.26. The van der Waals surface area contributed by atoms with Gasteiger partial charge in [0, 0.05) is 17.7 Å². The Labute approximate surface area is 126 Å². The van der Waals surface area contributed by atoms with Crippen molar-refractivity contribution in [1.82, 2.24) is 5.32 Å². The zero-order valence-corrected chi connectivity index (χ0v) is 12.3. The Hall–Kier alpha value is -1.52. The molecule has 0 fully saturated rings. The van der Waals surface area contributed by atoms with E-state index in [1.807, 2.05) is 6.92 Å². The average molecular weight is 314 g/mol. The summed E-state index contributed by atoms with van der Waals surface area (Å²) in [6.45, 7) is 3.25. The van der Waals surface area contributed by atoms with E-state index >= 15 is 0 Å². The molecule has 21 heavy (non-hydrogen) atoms. The van der Waals surface area contributed by atoms with E-state index in [4.69, 9.17) is 11.6 Å². The molecule has 0 unspecified atom stereocenters. The van der Waals surface area contributed by atoms with Gasteiger partial charge in [0.15, 0.2) is 11.6 Å². The monoisotopic (exact) mass is 313 g/mol. The van der Waals surface area contributed by atoms with Gasteiger partial charge in [-0.3, -0.25) is 0 Å². The Morgan fingerprint density at radius 2 is 1.71 bits per heavy atom. The Bertz CT molecular complexity index is 644. The van der Waals surface area contributed by atoms with Crippen molar-refractivity contribution < 1.29 is 13.2 Å². The molecule has 0 heterocycles. The number of rotatable bonds is 5. The molecule has 0 spiro atoms. The van der Waals surface area contributed by atoms with Crippen LogP contribution in [0.15, 0.2) is 30.3 Å². The second kappa shape index (κ2) is 6.96. The summed E-state index contributed by atoms with van der Waals surface area (Å²) in [7, 11) is 0. The fourth-order valence-electron chi connectivity index (χ4n) is 2.00. The largest absolute Gasteiger partial charge is 0.313 e. The fraction of sp³-hybridized carbons (Fsp3) is 0.250. The molecule has 112 valence electrons. The first-order valence-corrected chi connectivity index (χ1v) is 7.04. The summed E-state index contributed by atoms with van der Waals surface area (Å²) in [6, 6.07) is 6.40. The van der Waals surface area contributed by atoms with Crippen molar-refractivity contribution in [3.8, 4) is 11.1 Å². The molecule has 1 nitrogen and oxygen atoms in total. The Morgan fingerprint density at radius 3 is 2.38 bits per heavy atom. The van der Waals surface area contributed by atoms with E-state index in [-0.39, 0.29) is 10.6 Å². The van der Waals surface area contributed by atoms with E-state index < -0.39 is 17.5 Å². The normalized spacial score (nSPS) is 10.9. The minimum atomic E-state index is -1.02. The van der Waals surface area contributed by atoms with E-state index in [1.54, 1.807) is 12.1 Å². The molecule has 0 aliphatic rings. The van der Waals surface area contributed by atoms with Crippen LogP contribution in [0.25, 0.3) is 11.1 Å². The van der Waals surface area contributed by atoms with Crippen LogP contribution in [0.1, 0.15) is 18.9 Å². The predicted molar refractivity (Wildman–Crippen MR) is 78.8 cm³/mol. The van der Waals surface area contributed by atoms with Gasteiger partial charge in [-0.15, -0.1) is 0 Å². The predicted octanol–water partition coefficient (Wildman–Crippen LogP) is 4.92. The lowest BCUT2D eigenvalue weighted by molar-refractivity contribution is 0.509. The molecular formula is C16H15ClF3N. The quantitative estimate of drug-likeness (QED) is 0.610. The van der Waals surface area contributed by atoms with Gasteiger partial charge in [0.25, 0.3) is 0 Å². The van der Waals surface area contributed by atoms with Crippen LogP contribution < -0.4 is 5.32 Å². The van der Waals surface area contributed by atoms with E-state index in [9.17, 15) is 13.2 Å². The molecule has 2 aromatic rings. The molecule has 0 saturated heterocycles. The number of hydrogen-bond acceptors (Lipinski definition) is 1. The molecule has 0 aliphatic carbocycles. The van der Waals surface area contributed by atoms with Gasteiger partial charge in [0.05, 0.1) is 5.02 Å². The molecule has 0 bridgehead atoms. The third-order valence-electron chi connectivity index (χ3n) is 3.12. The van der Waals surface area contributed by atoms with E-state index in [2.05, 4.69) is 5.32 Å². The minimum Gasteiger partial charge on any atom is -0.313 e. The molecule has 0 aromatic heterocycles. The molecule has 2 aromatic carbocycles. The summed E-state index contributed by atoms with van der Waals surface area (Å²) < 4.78 is 40.4. The van der Waals surface area contributed by atoms with Crippen molar-refractivity contribution in [2.75, 3.05) is 6.54 Å². The van der Waals surface area contributed by atoms with E-state index in [0.717, 1.165) is 25.1 Å². The maximum atomic E-state index is 14.0. The Morgan fingerprint density at radius 1 is 1.00 bits per heavy atom. The third kappa shape index (κ3) is 3.77. The third-order valence-corrected chi connectivity index (χ3v) is 3.43. The molecule has 0 amide bonds. The van der Waals surface area contributed by atoms with Gasteiger partial charge in [-0.2, -0.15) is 0 Å². The second-order valence-electron chi connectivity index (χ2n) is 4.73. The SMILES string of the molecule is CCCNCc1ccc(-c2cc(F)c(F)cc2Cl)cc1F. The summed E-state index contributed by atoms with van der Waals surface area (Å²) in [6.07, 6.45) is 0.962. The number of hydrogen-bond donors (Lipinski definition) is 1. The van der Waals surface area contributed by atoms with Gasteiger partial charge in [0.1, 0.15) is 5.82 Å². The lowest BCUT2D eigenvalue weighted by atomic mass is 10.0. The average Bonchev–Trinajstić information content (AvgIpc) is 2.45. The van der Waals surface area contributed by atoms with Crippen LogP contribution in [0.2, 0.25) is 5.02 Å². The van der Waals surface area contributed by atoms with Gasteiger partial charge in [-0.1, -0.05) is 30.7 Å². The lowest BCUT2D eigenvalue weighted by Crippen LogP contribution is -2.14. The first-order chi connectivity index (χ1) is 10.0. The molecule has 0 aliphatic heterocycles. The van der Waals surface area contributed by atoms with Crippen LogP contribution in [0.3, 0.4) is 0 Å². The highest BCUT2D eigenvalue weighted by Crippen LogP contribution is 2.31. The van der Waals surface area contributed by atoms with E-state index in [1.165, 1.54) is 6.07 Å². The number of benzene rings is 2. The zero-order valence-electron chi connectivity index (χ0n) is 11.5. The zero-order chi connectivity index (χ0) is 15.4. The van der Waals surface area contributed by atoms with Crippen molar-refractivity contribution in [1.29, 1.82) is 0 Å². The van der Waals surface area contributed by atoms with Gasteiger partial charge < -0.3 is 5.32 Å². The van der Waals surface area contributed by atoms with Gasteiger partial charge in [-0.05, 0) is 36.7 Å². The van der Waals surface area contributed by atoms with Gasteiger partial charge >= 0.3 is 0 Å². The van der Waals surface area contributed by atoms with Crippen molar-refractivity contribution in [3.05, 3.63) is 58.4 Å². The van der Waals surface area contributed by atoms with Crippen LogP contribution in [0.4, 0.5) is 13.2 Å². The molecule has 0 radical (unpaired) electrons. The first kappa shape index (κ1) is 15.9. The van der Waals surface area contributed by atoms with Crippen molar-refractivity contribution in [2.24, 2.45) is 0 Å². The number of nitrogens with one attached hydrogen (secondary N) is 1.